The third kappa shape index (κ3) is 3.88. The Morgan fingerprint density at radius 2 is 2.11 bits per heavy atom. The summed E-state index contributed by atoms with van der Waals surface area (Å²) in [6, 6.07) is 7.41. The largest absolute Gasteiger partial charge is 0.459 e. The van der Waals surface area contributed by atoms with Crippen molar-refractivity contribution in [2.75, 3.05) is 5.75 Å². The van der Waals surface area contributed by atoms with E-state index in [1.807, 2.05) is 45.0 Å². The zero-order valence-corrected chi connectivity index (χ0v) is 12.8. The van der Waals surface area contributed by atoms with Crippen LogP contribution in [0.4, 0.5) is 0 Å². The van der Waals surface area contributed by atoms with Crippen LogP contribution in [-0.4, -0.2) is 23.4 Å². The first-order valence-electron chi connectivity index (χ1n) is 6.22. The second-order valence-corrected chi connectivity index (χ2v) is 7.03. The van der Waals surface area contributed by atoms with Crippen LogP contribution >= 0.6 is 23.4 Å². The lowest BCUT2D eigenvalue weighted by atomic mass is 10.2. The van der Waals surface area contributed by atoms with Gasteiger partial charge in [0.1, 0.15) is 11.6 Å². The van der Waals surface area contributed by atoms with Crippen LogP contribution in [-0.2, 0) is 9.53 Å². The van der Waals surface area contributed by atoms with E-state index < -0.39 is 5.60 Å². The molecule has 1 aromatic rings. The summed E-state index contributed by atoms with van der Waals surface area (Å²) in [5.41, 5.74) is 0.562. The monoisotopic (exact) mass is 299 g/mol. The van der Waals surface area contributed by atoms with Gasteiger partial charge in [-0.05, 0) is 32.4 Å². The number of halogens is 1. The van der Waals surface area contributed by atoms with Crippen LogP contribution in [0.2, 0.25) is 5.02 Å². The van der Waals surface area contributed by atoms with Gasteiger partial charge < -0.3 is 4.74 Å². The summed E-state index contributed by atoms with van der Waals surface area (Å²) in [5, 5.41) is 4.04. The number of hydrogen-bond acceptors (Lipinski definition) is 4. The highest BCUT2D eigenvalue weighted by Gasteiger charge is 2.34. The molecule has 19 heavy (non-hydrogen) atoms. The van der Waals surface area contributed by atoms with Gasteiger partial charge in [-0.2, -0.15) is 0 Å². The molecule has 0 amide bonds. The molecule has 2 rings (SSSR count). The molecule has 0 bridgehead atoms. The fourth-order valence-electron chi connectivity index (χ4n) is 1.85. The van der Waals surface area contributed by atoms with Crippen molar-refractivity contribution in [1.82, 2.24) is 5.32 Å². The van der Waals surface area contributed by atoms with E-state index in [1.165, 1.54) is 0 Å². The molecule has 1 heterocycles. The number of benzene rings is 1. The second kappa shape index (κ2) is 5.73. The zero-order valence-electron chi connectivity index (χ0n) is 11.3. The third-order valence-corrected chi connectivity index (χ3v) is 4.25. The molecular formula is C14H18ClNO2S. The van der Waals surface area contributed by atoms with Crippen molar-refractivity contribution in [3.05, 3.63) is 34.9 Å². The minimum absolute atomic E-state index is 0.0474. The Hall–Kier alpha value is -0.710. The predicted octanol–water partition coefficient (Wildman–Crippen LogP) is 3.39. The standard InChI is InChI=1S/C14H18ClNO2S/c1-14(2,3)18-13(17)11-8-19-12(16-11)9-6-4-5-7-10(9)15/h4-7,11-12,16H,8H2,1-3H3. The Morgan fingerprint density at radius 3 is 2.74 bits per heavy atom. The van der Waals surface area contributed by atoms with Crippen molar-refractivity contribution in [3.63, 3.8) is 0 Å². The van der Waals surface area contributed by atoms with Crippen LogP contribution in [0.1, 0.15) is 31.7 Å². The maximum atomic E-state index is 12.0. The maximum Gasteiger partial charge on any atom is 0.324 e. The number of ether oxygens (including phenoxy) is 1. The van der Waals surface area contributed by atoms with Crippen LogP contribution in [0.5, 0.6) is 0 Å². The Morgan fingerprint density at radius 1 is 1.42 bits per heavy atom. The molecule has 104 valence electrons. The molecule has 1 fully saturated rings. The highest BCUT2D eigenvalue weighted by molar-refractivity contribution is 7.99. The van der Waals surface area contributed by atoms with E-state index in [9.17, 15) is 4.79 Å². The van der Waals surface area contributed by atoms with Crippen molar-refractivity contribution >= 4 is 29.3 Å². The highest BCUT2D eigenvalue weighted by Crippen LogP contribution is 2.36. The lowest BCUT2D eigenvalue weighted by Crippen LogP contribution is -2.39. The van der Waals surface area contributed by atoms with Crippen LogP contribution in [0.25, 0.3) is 0 Å². The van der Waals surface area contributed by atoms with Crippen molar-refractivity contribution in [2.45, 2.75) is 37.8 Å². The maximum absolute atomic E-state index is 12.0. The summed E-state index contributed by atoms with van der Waals surface area (Å²) in [7, 11) is 0. The molecule has 1 saturated heterocycles. The lowest BCUT2D eigenvalue weighted by Gasteiger charge is -2.22. The number of esters is 1. The first kappa shape index (κ1) is 14.7. The first-order valence-corrected chi connectivity index (χ1v) is 7.64. The molecule has 0 radical (unpaired) electrons. The van der Waals surface area contributed by atoms with E-state index in [0.29, 0.717) is 5.75 Å². The Bertz CT molecular complexity index is 473. The molecule has 0 saturated carbocycles. The van der Waals surface area contributed by atoms with Gasteiger partial charge in [0.2, 0.25) is 0 Å². The van der Waals surface area contributed by atoms with E-state index in [2.05, 4.69) is 5.32 Å². The van der Waals surface area contributed by atoms with E-state index in [4.69, 9.17) is 16.3 Å². The molecule has 2 unspecified atom stereocenters. The molecule has 0 aromatic heterocycles. The van der Waals surface area contributed by atoms with Gasteiger partial charge in [0, 0.05) is 10.8 Å². The van der Waals surface area contributed by atoms with Crippen molar-refractivity contribution in [2.24, 2.45) is 0 Å². The number of hydrogen-bond donors (Lipinski definition) is 1. The summed E-state index contributed by atoms with van der Waals surface area (Å²) in [5.74, 6) is 0.500. The summed E-state index contributed by atoms with van der Waals surface area (Å²) in [4.78, 5) is 12.0. The van der Waals surface area contributed by atoms with Crippen LogP contribution < -0.4 is 5.32 Å². The van der Waals surface area contributed by atoms with Gasteiger partial charge in [-0.3, -0.25) is 10.1 Å². The zero-order chi connectivity index (χ0) is 14.0. The topological polar surface area (TPSA) is 38.3 Å². The fraction of sp³-hybridized carbons (Fsp3) is 0.500. The van der Waals surface area contributed by atoms with E-state index in [0.717, 1.165) is 10.6 Å². The third-order valence-electron chi connectivity index (χ3n) is 2.66. The van der Waals surface area contributed by atoms with E-state index in [1.54, 1.807) is 11.8 Å². The van der Waals surface area contributed by atoms with Crippen molar-refractivity contribution in [1.29, 1.82) is 0 Å². The van der Waals surface area contributed by atoms with Gasteiger partial charge in [0.25, 0.3) is 0 Å². The van der Waals surface area contributed by atoms with Gasteiger partial charge in [-0.15, -0.1) is 11.8 Å². The summed E-state index contributed by atoms with van der Waals surface area (Å²) < 4.78 is 5.39. The molecule has 1 aliphatic rings. The van der Waals surface area contributed by atoms with Gasteiger partial charge in [-0.1, -0.05) is 29.8 Å². The number of carbonyl (C=O) groups is 1. The van der Waals surface area contributed by atoms with Crippen LogP contribution in [0, 0.1) is 0 Å². The van der Waals surface area contributed by atoms with Crippen LogP contribution in [0.3, 0.4) is 0 Å². The molecule has 1 N–H and O–H groups in total. The molecule has 5 heteroatoms. The second-order valence-electron chi connectivity index (χ2n) is 5.49. The summed E-state index contributed by atoms with van der Waals surface area (Å²) >= 11 is 7.84. The Labute approximate surface area is 123 Å². The van der Waals surface area contributed by atoms with Gasteiger partial charge in [0.05, 0.1) is 5.37 Å². The number of rotatable bonds is 2. The Kier molecular flexibility index (Phi) is 4.43. The molecule has 0 aliphatic carbocycles. The Balaban J connectivity index is 2.01. The predicted molar refractivity (Wildman–Crippen MR) is 79.4 cm³/mol. The molecule has 0 spiro atoms. The number of carbonyl (C=O) groups excluding carboxylic acids is 1. The van der Waals surface area contributed by atoms with Crippen molar-refractivity contribution < 1.29 is 9.53 Å². The number of thioether (sulfide) groups is 1. The van der Waals surface area contributed by atoms with E-state index in [-0.39, 0.29) is 17.4 Å². The molecule has 1 aromatic carbocycles. The minimum Gasteiger partial charge on any atom is -0.459 e. The smallest absolute Gasteiger partial charge is 0.324 e. The quantitative estimate of drug-likeness (QED) is 0.850. The van der Waals surface area contributed by atoms with E-state index >= 15 is 0 Å². The average Bonchev–Trinajstić information content (AvgIpc) is 2.76. The van der Waals surface area contributed by atoms with Crippen molar-refractivity contribution in [3.8, 4) is 0 Å². The average molecular weight is 300 g/mol. The van der Waals surface area contributed by atoms with Gasteiger partial charge in [-0.25, -0.2) is 0 Å². The normalized spacial score (nSPS) is 23.4. The minimum atomic E-state index is -0.452. The molecular weight excluding hydrogens is 282 g/mol. The molecule has 2 atom stereocenters. The highest BCUT2D eigenvalue weighted by atomic mass is 35.5. The fourth-order valence-corrected chi connectivity index (χ4v) is 3.42. The number of nitrogens with one attached hydrogen (secondary N) is 1. The summed E-state index contributed by atoms with van der Waals surface area (Å²) in [6.07, 6.45) is 0. The molecule has 1 aliphatic heterocycles. The lowest BCUT2D eigenvalue weighted by molar-refractivity contribution is -0.156. The SMILES string of the molecule is CC(C)(C)OC(=O)C1CSC(c2ccccc2Cl)N1. The summed E-state index contributed by atoms with van der Waals surface area (Å²) in [6.45, 7) is 5.62. The first-order chi connectivity index (χ1) is 8.87. The van der Waals surface area contributed by atoms with Crippen LogP contribution in [0.15, 0.2) is 24.3 Å². The molecule has 3 nitrogen and oxygen atoms in total. The van der Waals surface area contributed by atoms with Gasteiger partial charge in [0.15, 0.2) is 0 Å². The van der Waals surface area contributed by atoms with Gasteiger partial charge >= 0.3 is 5.97 Å².